The number of thioether (sulfide) groups is 1. The van der Waals surface area contributed by atoms with E-state index < -0.39 is 0 Å². The van der Waals surface area contributed by atoms with Gasteiger partial charge in [0.1, 0.15) is 11.6 Å². The Morgan fingerprint density at radius 3 is 2.55 bits per heavy atom. The van der Waals surface area contributed by atoms with E-state index in [1.165, 1.54) is 17.3 Å². The van der Waals surface area contributed by atoms with E-state index in [4.69, 9.17) is 5.84 Å². The highest BCUT2D eigenvalue weighted by molar-refractivity contribution is 7.98. The summed E-state index contributed by atoms with van der Waals surface area (Å²) in [7, 11) is 0. The Balaban J connectivity index is 2.03. The lowest BCUT2D eigenvalue weighted by molar-refractivity contribution is 0.797. The standard InChI is InChI=1S/C14H19N5S/c1-10(11-6-4-3-5-7-11)9-16-12-8-13(19-15)18-14(17-12)20-2/h3-8,10H,9,15H2,1-2H3,(H2,16,17,18,19). The van der Waals surface area contributed by atoms with Gasteiger partial charge in [-0.05, 0) is 17.7 Å². The molecule has 2 rings (SSSR count). The van der Waals surface area contributed by atoms with Crippen LogP contribution in [0.5, 0.6) is 0 Å². The van der Waals surface area contributed by atoms with Crippen molar-refractivity contribution in [3.05, 3.63) is 42.0 Å². The normalized spacial score (nSPS) is 11.9. The van der Waals surface area contributed by atoms with Crippen LogP contribution in [-0.4, -0.2) is 22.8 Å². The maximum absolute atomic E-state index is 5.41. The van der Waals surface area contributed by atoms with Crippen LogP contribution in [-0.2, 0) is 0 Å². The second-order valence-corrected chi connectivity index (χ2v) is 5.24. The second-order valence-electron chi connectivity index (χ2n) is 4.46. The van der Waals surface area contributed by atoms with Crippen molar-refractivity contribution in [1.82, 2.24) is 9.97 Å². The van der Waals surface area contributed by atoms with Gasteiger partial charge >= 0.3 is 0 Å². The van der Waals surface area contributed by atoms with Crippen molar-refractivity contribution in [3.8, 4) is 0 Å². The molecule has 0 aliphatic carbocycles. The maximum atomic E-state index is 5.41. The molecule has 4 N–H and O–H groups in total. The number of nitrogens with one attached hydrogen (secondary N) is 2. The smallest absolute Gasteiger partial charge is 0.191 e. The third-order valence-corrected chi connectivity index (χ3v) is 3.54. The number of rotatable bonds is 6. The van der Waals surface area contributed by atoms with Crippen LogP contribution in [0.1, 0.15) is 18.4 Å². The van der Waals surface area contributed by atoms with Gasteiger partial charge in [0.2, 0.25) is 0 Å². The third kappa shape index (κ3) is 3.85. The van der Waals surface area contributed by atoms with E-state index in [-0.39, 0.29) is 0 Å². The molecule has 1 aromatic carbocycles. The topological polar surface area (TPSA) is 75.9 Å². The first-order valence-corrected chi connectivity index (χ1v) is 7.64. The van der Waals surface area contributed by atoms with Gasteiger partial charge in [0, 0.05) is 12.6 Å². The number of hydrogen-bond acceptors (Lipinski definition) is 6. The lowest BCUT2D eigenvalue weighted by atomic mass is 10.0. The van der Waals surface area contributed by atoms with E-state index in [0.717, 1.165) is 12.4 Å². The molecule has 106 valence electrons. The molecule has 1 aromatic heterocycles. The molecule has 1 atom stereocenters. The highest BCUT2D eigenvalue weighted by Gasteiger charge is 2.07. The summed E-state index contributed by atoms with van der Waals surface area (Å²) in [6.07, 6.45) is 1.94. The predicted molar refractivity (Wildman–Crippen MR) is 85.0 cm³/mol. The number of nitrogen functional groups attached to an aromatic ring is 1. The Morgan fingerprint density at radius 1 is 1.20 bits per heavy atom. The first-order chi connectivity index (χ1) is 9.72. The van der Waals surface area contributed by atoms with Crippen LogP contribution in [0.4, 0.5) is 11.6 Å². The van der Waals surface area contributed by atoms with Gasteiger partial charge < -0.3 is 10.7 Å². The van der Waals surface area contributed by atoms with Crippen LogP contribution in [0.3, 0.4) is 0 Å². The van der Waals surface area contributed by atoms with Gasteiger partial charge in [0.25, 0.3) is 0 Å². The summed E-state index contributed by atoms with van der Waals surface area (Å²) in [6.45, 7) is 2.99. The van der Waals surface area contributed by atoms with Crippen molar-refractivity contribution in [2.75, 3.05) is 23.5 Å². The quantitative estimate of drug-likeness (QED) is 0.328. The summed E-state index contributed by atoms with van der Waals surface area (Å²) < 4.78 is 0. The molecular weight excluding hydrogens is 270 g/mol. The molecule has 0 aliphatic heterocycles. The van der Waals surface area contributed by atoms with Gasteiger partial charge in [-0.3, -0.25) is 0 Å². The van der Waals surface area contributed by atoms with Crippen LogP contribution in [0, 0.1) is 0 Å². The van der Waals surface area contributed by atoms with Gasteiger partial charge in [0.05, 0.1) is 0 Å². The van der Waals surface area contributed by atoms with Gasteiger partial charge in [-0.25, -0.2) is 15.8 Å². The Labute approximate surface area is 123 Å². The fourth-order valence-electron chi connectivity index (χ4n) is 1.84. The van der Waals surface area contributed by atoms with Crippen LogP contribution in [0.25, 0.3) is 0 Å². The highest BCUT2D eigenvalue weighted by Crippen LogP contribution is 2.19. The molecular formula is C14H19N5S. The molecule has 2 aromatic rings. The zero-order valence-corrected chi connectivity index (χ0v) is 12.4. The zero-order valence-electron chi connectivity index (χ0n) is 11.6. The Morgan fingerprint density at radius 2 is 1.90 bits per heavy atom. The second kappa shape index (κ2) is 7.12. The van der Waals surface area contributed by atoms with E-state index in [9.17, 15) is 0 Å². The predicted octanol–water partition coefficient (Wildman–Crippen LogP) is 2.70. The fourth-order valence-corrected chi connectivity index (χ4v) is 2.22. The molecule has 20 heavy (non-hydrogen) atoms. The minimum Gasteiger partial charge on any atom is -0.369 e. The molecule has 0 saturated heterocycles. The van der Waals surface area contributed by atoms with E-state index >= 15 is 0 Å². The van der Waals surface area contributed by atoms with E-state index in [0.29, 0.717) is 16.9 Å². The van der Waals surface area contributed by atoms with Crippen molar-refractivity contribution in [1.29, 1.82) is 0 Å². The summed E-state index contributed by atoms with van der Waals surface area (Å²) in [5.41, 5.74) is 3.86. The lowest BCUT2D eigenvalue weighted by Gasteiger charge is -2.14. The summed E-state index contributed by atoms with van der Waals surface area (Å²) in [5, 5.41) is 4.02. The Bertz CT molecular complexity index is 524. The number of nitrogens with zero attached hydrogens (tertiary/aromatic N) is 2. The van der Waals surface area contributed by atoms with E-state index in [2.05, 4.69) is 51.9 Å². The summed E-state index contributed by atoms with van der Waals surface area (Å²) >= 11 is 1.49. The lowest BCUT2D eigenvalue weighted by Crippen LogP contribution is -2.13. The fraction of sp³-hybridized carbons (Fsp3) is 0.286. The third-order valence-electron chi connectivity index (χ3n) is 2.99. The van der Waals surface area contributed by atoms with Crippen LogP contribution < -0.4 is 16.6 Å². The highest BCUT2D eigenvalue weighted by atomic mass is 32.2. The molecule has 1 heterocycles. The molecule has 1 unspecified atom stereocenters. The number of hydrogen-bond donors (Lipinski definition) is 3. The first-order valence-electron chi connectivity index (χ1n) is 6.41. The molecule has 6 heteroatoms. The summed E-state index contributed by atoms with van der Waals surface area (Å²) in [4.78, 5) is 8.64. The van der Waals surface area contributed by atoms with Crippen LogP contribution >= 0.6 is 11.8 Å². The van der Waals surface area contributed by atoms with E-state index in [1.54, 1.807) is 6.07 Å². The maximum Gasteiger partial charge on any atom is 0.191 e. The van der Waals surface area contributed by atoms with E-state index in [1.807, 2.05) is 12.3 Å². The summed E-state index contributed by atoms with van der Waals surface area (Å²) in [5.74, 6) is 7.20. The van der Waals surface area contributed by atoms with Crippen molar-refractivity contribution in [3.63, 3.8) is 0 Å². The van der Waals surface area contributed by atoms with Gasteiger partial charge in [0.15, 0.2) is 5.16 Å². The van der Waals surface area contributed by atoms with Crippen molar-refractivity contribution >= 4 is 23.4 Å². The molecule has 0 bridgehead atoms. The van der Waals surface area contributed by atoms with Gasteiger partial charge in [-0.2, -0.15) is 0 Å². The van der Waals surface area contributed by atoms with Crippen LogP contribution in [0.15, 0.2) is 41.6 Å². The Hall–Kier alpha value is -1.79. The minimum atomic E-state index is 0.401. The average molecular weight is 289 g/mol. The largest absolute Gasteiger partial charge is 0.369 e. The zero-order chi connectivity index (χ0) is 14.4. The minimum absolute atomic E-state index is 0.401. The molecule has 0 saturated carbocycles. The van der Waals surface area contributed by atoms with Gasteiger partial charge in [-0.15, -0.1) is 0 Å². The summed E-state index contributed by atoms with van der Waals surface area (Å²) in [6, 6.07) is 12.2. The number of hydrazine groups is 1. The number of anilines is 2. The SMILES string of the molecule is CSc1nc(NN)cc(NCC(C)c2ccccc2)n1. The molecule has 0 aliphatic rings. The van der Waals surface area contributed by atoms with Crippen molar-refractivity contribution in [2.45, 2.75) is 18.0 Å². The number of benzene rings is 1. The van der Waals surface area contributed by atoms with Gasteiger partial charge in [-0.1, -0.05) is 49.0 Å². The first kappa shape index (κ1) is 14.6. The number of nitrogens with two attached hydrogens (primary N) is 1. The van der Waals surface area contributed by atoms with Crippen molar-refractivity contribution in [2.24, 2.45) is 5.84 Å². The number of aromatic nitrogens is 2. The van der Waals surface area contributed by atoms with Crippen LogP contribution in [0.2, 0.25) is 0 Å². The molecule has 0 spiro atoms. The molecule has 0 amide bonds. The average Bonchev–Trinajstić information content (AvgIpc) is 2.53. The molecule has 0 fully saturated rings. The van der Waals surface area contributed by atoms with Crippen molar-refractivity contribution < 1.29 is 0 Å². The Kier molecular flexibility index (Phi) is 5.20. The molecule has 0 radical (unpaired) electrons. The monoisotopic (exact) mass is 289 g/mol. The molecule has 5 nitrogen and oxygen atoms in total.